The Balaban J connectivity index is 1.05. The lowest BCUT2D eigenvalue weighted by molar-refractivity contribution is -0.134. The molecular formula is C23H23N7O3. The van der Waals surface area contributed by atoms with Crippen molar-refractivity contribution >= 4 is 16.9 Å². The minimum Gasteiger partial charge on any atom is -0.492 e. The van der Waals surface area contributed by atoms with Crippen molar-refractivity contribution in [3.05, 3.63) is 59.9 Å². The molecule has 1 amide bonds. The molecule has 0 bridgehead atoms. The molecule has 0 spiro atoms. The summed E-state index contributed by atoms with van der Waals surface area (Å²) in [5.41, 5.74) is 4.59. The predicted octanol–water partition coefficient (Wildman–Crippen LogP) is 1.67. The Morgan fingerprint density at radius 1 is 1.03 bits per heavy atom. The van der Waals surface area contributed by atoms with Crippen LogP contribution in [-0.4, -0.2) is 80.3 Å². The first-order valence-electron chi connectivity index (χ1n) is 11.1. The van der Waals surface area contributed by atoms with E-state index in [1.165, 1.54) is 5.56 Å². The van der Waals surface area contributed by atoms with Crippen molar-refractivity contribution in [3.8, 4) is 11.4 Å². The van der Waals surface area contributed by atoms with Gasteiger partial charge in [-0.2, -0.15) is 0 Å². The minimum atomic E-state index is -0.251. The van der Waals surface area contributed by atoms with Crippen LogP contribution in [0.3, 0.4) is 0 Å². The number of rotatable bonds is 5. The number of hydrogen-bond donors (Lipinski definition) is 0. The molecule has 1 atom stereocenters. The highest BCUT2D eigenvalue weighted by molar-refractivity contribution is 5.86. The highest BCUT2D eigenvalue weighted by Crippen LogP contribution is 2.36. The van der Waals surface area contributed by atoms with Gasteiger partial charge in [0.05, 0.1) is 18.1 Å². The number of amides is 1. The molecule has 6 rings (SSSR count). The maximum absolute atomic E-state index is 13.2. The molecular weight excluding hydrogens is 422 g/mol. The first kappa shape index (κ1) is 19.9. The Hall–Kier alpha value is -3.79. The highest BCUT2D eigenvalue weighted by Gasteiger charge is 2.34. The van der Waals surface area contributed by atoms with E-state index >= 15 is 0 Å². The van der Waals surface area contributed by atoms with Crippen molar-refractivity contribution in [1.82, 2.24) is 35.1 Å². The second-order valence-electron chi connectivity index (χ2n) is 8.44. The smallest absolute Gasteiger partial charge is 0.233 e. The molecule has 0 aliphatic carbocycles. The van der Waals surface area contributed by atoms with Crippen LogP contribution in [0.25, 0.3) is 16.7 Å². The number of piperazine rings is 1. The number of carbonyl (C=O) groups excluding carboxylic acids is 1. The van der Waals surface area contributed by atoms with Crippen LogP contribution in [-0.2, 0) is 11.2 Å². The Bertz CT molecular complexity index is 1280. The molecule has 0 radical (unpaired) electrons. The first-order chi connectivity index (χ1) is 16.2. The molecule has 10 nitrogen and oxygen atoms in total. The summed E-state index contributed by atoms with van der Waals surface area (Å²) in [6, 6.07) is 11.9. The number of fused-ring (bicyclic) bond motifs is 2. The van der Waals surface area contributed by atoms with E-state index in [0.29, 0.717) is 6.61 Å². The van der Waals surface area contributed by atoms with Gasteiger partial charge in [-0.25, -0.2) is 9.31 Å². The third kappa shape index (κ3) is 3.82. The minimum absolute atomic E-state index is 0.144. The average molecular weight is 445 g/mol. The normalized spacial score (nSPS) is 18.4. The highest BCUT2D eigenvalue weighted by atomic mass is 16.6. The van der Waals surface area contributed by atoms with Crippen LogP contribution in [0.4, 0.5) is 0 Å². The van der Waals surface area contributed by atoms with E-state index in [1.54, 1.807) is 17.1 Å². The zero-order chi connectivity index (χ0) is 22.2. The largest absolute Gasteiger partial charge is 0.492 e. The maximum atomic E-state index is 13.2. The molecule has 10 heteroatoms. The summed E-state index contributed by atoms with van der Waals surface area (Å²) in [5, 5.41) is 15.6. The lowest BCUT2D eigenvalue weighted by Gasteiger charge is -2.35. The fourth-order valence-electron chi connectivity index (χ4n) is 4.57. The monoisotopic (exact) mass is 445 g/mol. The van der Waals surface area contributed by atoms with Crippen molar-refractivity contribution in [2.45, 2.75) is 12.3 Å². The average Bonchev–Trinajstić information content (AvgIpc) is 3.62. The van der Waals surface area contributed by atoms with E-state index < -0.39 is 0 Å². The molecule has 2 aliphatic rings. The third-order valence-electron chi connectivity index (χ3n) is 6.48. The van der Waals surface area contributed by atoms with Crippen LogP contribution in [0.2, 0.25) is 0 Å². The van der Waals surface area contributed by atoms with E-state index in [9.17, 15) is 4.79 Å². The second-order valence-corrected chi connectivity index (χ2v) is 8.44. The molecule has 0 saturated carbocycles. The molecule has 1 fully saturated rings. The number of nitrogens with zero attached hydrogens (tertiary/aromatic N) is 7. The predicted molar refractivity (Wildman–Crippen MR) is 118 cm³/mol. The Kier molecular flexibility index (Phi) is 4.99. The molecule has 168 valence electrons. The van der Waals surface area contributed by atoms with E-state index in [1.807, 2.05) is 35.2 Å². The summed E-state index contributed by atoms with van der Waals surface area (Å²) >= 11 is 0. The van der Waals surface area contributed by atoms with Gasteiger partial charge < -0.3 is 9.64 Å². The fraction of sp³-hybridized carbons (Fsp3) is 0.348. The van der Waals surface area contributed by atoms with Crippen molar-refractivity contribution in [3.63, 3.8) is 0 Å². The summed E-state index contributed by atoms with van der Waals surface area (Å²) in [4.78, 5) is 17.6. The number of ether oxygens (including phenoxy) is 1. The molecule has 2 aliphatic heterocycles. The molecule has 0 N–H and O–H groups in total. The Morgan fingerprint density at radius 2 is 1.91 bits per heavy atom. The zero-order valence-corrected chi connectivity index (χ0v) is 18.0. The van der Waals surface area contributed by atoms with Gasteiger partial charge in [0.25, 0.3) is 0 Å². The SMILES string of the molecule is O=C(C1COc2cc(-n3ccnn3)ccc21)N1CCN(CCc2ccc3nonc3c2)CC1. The van der Waals surface area contributed by atoms with Gasteiger partial charge >= 0.3 is 0 Å². The number of carbonyl (C=O) groups is 1. The van der Waals surface area contributed by atoms with Crippen LogP contribution in [0, 0.1) is 0 Å². The van der Waals surface area contributed by atoms with Gasteiger partial charge in [-0.05, 0) is 40.5 Å². The first-order valence-corrected chi connectivity index (χ1v) is 11.1. The molecule has 4 aromatic rings. The molecule has 33 heavy (non-hydrogen) atoms. The van der Waals surface area contributed by atoms with Crippen LogP contribution >= 0.6 is 0 Å². The zero-order valence-electron chi connectivity index (χ0n) is 18.0. The molecule has 1 unspecified atom stereocenters. The Labute approximate surface area is 189 Å². The summed E-state index contributed by atoms with van der Waals surface area (Å²) < 4.78 is 12.3. The van der Waals surface area contributed by atoms with Gasteiger partial charge in [0.15, 0.2) is 0 Å². The van der Waals surface area contributed by atoms with Gasteiger partial charge in [-0.1, -0.05) is 17.3 Å². The summed E-state index contributed by atoms with van der Waals surface area (Å²) in [6.07, 6.45) is 4.34. The van der Waals surface area contributed by atoms with E-state index in [4.69, 9.17) is 9.37 Å². The quantitative estimate of drug-likeness (QED) is 0.457. The Morgan fingerprint density at radius 3 is 2.76 bits per heavy atom. The summed E-state index contributed by atoms with van der Waals surface area (Å²) in [6.45, 7) is 4.52. The van der Waals surface area contributed by atoms with E-state index in [2.05, 4.69) is 31.6 Å². The maximum Gasteiger partial charge on any atom is 0.233 e. The van der Waals surface area contributed by atoms with Gasteiger partial charge in [-0.15, -0.1) is 5.10 Å². The summed E-state index contributed by atoms with van der Waals surface area (Å²) in [5.74, 6) is 0.643. The third-order valence-corrected chi connectivity index (χ3v) is 6.48. The fourth-order valence-corrected chi connectivity index (χ4v) is 4.57. The van der Waals surface area contributed by atoms with Gasteiger partial charge in [0.1, 0.15) is 29.3 Å². The molecule has 2 aromatic heterocycles. The van der Waals surface area contributed by atoms with Crippen molar-refractivity contribution < 1.29 is 14.2 Å². The number of benzene rings is 2. The van der Waals surface area contributed by atoms with E-state index in [0.717, 1.165) is 67.2 Å². The second kappa shape index (κ2) is 8.28. The topological polar surface area (TPSA) is 102 Å². The lowest BCUT2D eigenvalue weighted by Crippen LogP contribution is -2.50. The molecule has 4 heterocycles. The van der Waals surface area contributed by atoms with Crippen LogP contribution in [0.5, 0.6) is 5.75 Å². The molecule has 1 saturated heterocycles. The summed E-state index contributed by atoms with van der Waals surface area (Å²) in [7, 11) is 0. The molecule has 2 aromatic carbocycles. The van der Waals surface area contributed by atoms with Gasteiger partial charge in [0, 0.05) is 44.4 Å². The standard InChI is InChI=1S/C23H23N7O3/c31-23(19-15-32-22-14-17(2-3-18(19)22)30-8-6-24-27-30)29-11-9-28(10-12-29)7-5-16-1-4-20-21(13-16)26-33-25-20/h1-4,6,8,13-14,19H,5,7,9-12,15H2. The van der Waals surface area contributed by atoms with E-state index in [-0.39, 0.29) is 11.8 Å². The number of hydrogen-bond acceptors (Lipinski definition) is 8. The van der Waals surface area contributed by atoms with Gasteiger partial charge in [0.2, 0.25) is 5.91 Å². The van der Waals surface area contributed by atoms with Crippen LogP contribution in [0.15, 0.2) is 53.4 Å². The van der Waals surface area contributed by atoms with Crippen LogP contribution < -0.4 is 4.74 Å². The number of aromatic nitrogens is 5. The van der Waals surface area contributed by atoms with Crippen molar-refractivity contribution in [1.29, 1.82) is 0 Å². The van der Waals surface area contributed by atoms with Crippen molar-refractivity contribution in [2.75, 3.05) is 39.3 Å². The van der Waals surface area contributed by atoms with Crippen molar-refractivity contribution in [2.24, 2.45) is 0 Å². The van der Waals surface area contributed by atoms with Gasteiger partial charge in [-0.3, -0.25) is 9.69 Å². The van der Waals surface area contributed by atoms with Crippen LogP contribution in [0.1, 0.15) is 17.0 Å². The lowest BCUT2D eigenvalue weighted by atomic mass is 9.99.